The van der Waals surface area contributed by atoms with Crippen molar-refractivity contribution in [2.24, 2.45) is 0 Å². The Balaban J connectivity index is 2.30. The number of rotatable bonds is 5. The predicted octanol–water partition coefficient (Wildman–Crippen LogP) is 0.283. The standard InChI is InChI=1S/C9H15NO3/c1-7(9-3-2-4-13-9)10-5-8(12)6-11/h2-4,7-8,10-12H,5-6H2,1H3/t7-,8?/m0/s1. The molecule has 1 aromatic rings. The molecule has 0 spiro atoms. The van der Waals surface area contributed by atoms with Crippen molar-refractivity contribution in [1.29, 1.82) is 0 Å². The lowest BCUT2D eigenvalue weighted by Gasteiger charge is -2.13. The van der Waals surface area contributed by atoms with Crippen LogP contribution in [0, 0.1) is 0 Å². The first-order valence-corrected chi connectivity index (χ1v) is 4.29. The largest absolute Gasteiger partial charge is 0.468 e. The van der Waals surface area contributed by atoms with Crippen molar-refractivity contribution in [2.45, 2.75) is 19.1 Å². The van der Waals surface area contributed by atoms with Crippen molar-refractivity contribution in [2.75, 3.05) is 13.2 Å². The van der Waals surface area contributed by atoms with E-state index in [-0.39, 0.29) is 12.6 Å². The van der Waals surface area contributed by atoms with Crippen LogP contribution in [0.2, 0.25) is 0 Å². The van der Waals surface area contributed by atoms with Crippen molar-refractivity contribution < 1.29 is 14.6 Å². The van der Waals surface area contributed by atoms with Gasteiger partial charge in [0.1, 0.15) is 5.76 Å². The van der Waals surface area contributed by atoms with Crippen LogP contribution in [0.1, 0.15) is 18.7 Å². The first-order valence-electron chi connectivity index (χ1n) is 4.29. The summed E-state index contributed by atoms with van der Waals surface area (Å²) >= 11 is 0. The average Bonchev–Trinajstić information content (AvgIpc) is 2.66. The van der Waals surface area contributed by atoms with E-state index in [4.69, 9.17) is 14.6 Å². The molecule has 0 fully saturated rings. The lowest BCUT2D eigenvalue weighted by molar-refractivity contribution is 0.0917. The van der Waals surface area contributed by atoms with E-state index in [2.05, 4.69) is 5.32 Å². The first-order chi connectivity index (χ1) is 6.24. The second-order valence-corrected chi connectivity index (χ2v) is 2.98. The molecule has 0 aliphatic rings. The molecule has 1 rings (SSSR count). The zero-order valence-corrected chi connectivity index (χ0v) is 7.60. The van der Waals surface area contributed by atoms with E-state index in [1.165, 1.54) is 0 Å². The zero-order valence-electron chi connectivity index (χ0n) is 7.60. The Morgan fingerprint density at radius 2 is 2.38 bits per heavy atom. The molecule has 4 heteroatoms. The minimum Gasteiger partial charge on any atom is -0.468 e. The summed E-state index contributed by atoms with van der Waals surface area (Å²) in [5, 5.41) is 20.7. The highest BCUT2D eigenvalue weighted by Crippen LogP contribution is 2.11. The van der Waals surface area contributed by atoms with Crippen molar-refractivity contribution >= 4 is 0 Å². The molecule has 3 N–H and O–H groups in total. The number of hydrogen-bond donors (Lipinski definition) is 3. The highest BCUT2D eigenvalue weighted by molar-refractivity contribution is 5.02. The summed E-state index contributed by atoms with van der Waals surface area (Å²) in [5.74, 6) is 0.824. The van der Waals surface area contributed by atoms with E-state index in [9.17, 15) is 0 Å². The second kappa shape index (κ2) is 5.01. The molecule has 4 nitrogen and oxygen atoms in total. The van der Waals surface area contributed by atoms with Crippen molar-refractivity contribution in [3.8, 4) is 0 Å². The van der Waals surface area contributed by atoms with Gasteiger partial charge in [-0.3, -0.25) is 0 Å². The molecule has 0 aliphatic carbocycles. The van der Waals surface area contributed by atoms with Crippen LogP contribution >= 0.6 is 0 Å². The van der Waals surface area contributed by atoms with Crippen LogP contribution < -0.4 is 5.32 Å². The fraction of sp³-hybridized carbons (Fsp3) is 0.556. The molecular formula is C9H15NO3. The highest BCUT2D eigenvalue weighted by Gasteiger charge is 2.09. The van der Waals surface area contributed by atoms with Gasteiger partial charge in [-0.25, -0.2) is 0 Å². The molecule has 0 saturated heterocycles. The maximum Gasteiger partial charge on any atom is 0.120 e. The molecule has 1 unspecified atom stereocenters. The zero-order chi connectivity index (χ0) is 9.68. The molecule has 0 radical (unpaired) electrons. The van der Waals surface area contributed by atoms with Gasteiger partial charge in [0.25, 0.3) is 0 Å². The van der Waals surface area contributed by atoms with Gasteiger partial charge in [0.15, 0.2) is 0 Å². The maximum atomic E-state index is 9.06. The quantitative estimate of drug-likeness (QED) is 0.616. The van der Waals surface area contributed by atoms with Crippen LogP contribution in [-0.4, -0.2) is 29.5 Å². The van der Waals surface area contributed by atoms with E-state index in [1.807, 2.05) is 19.1 Å². The van der Waals surface area contributed by atoms with Crippen molar-refractivity contribution in [1.82, 2.24) is 5.32 Å². The number of nitrogens with one attached hydrogen (secondary N) is 1. The SMILES string of the molecule is C[C@H](NCC(O)CO)c1ccco1. The van der Waals surface area contributed by atoms with Gasteiger partial charge >= 0.3 is 0 Å². The Morgan fingerprint density at radius 1 is 1.62 bits per heavy atom. The normalized spacial score (nSPS) is 15.6. The van der Waals surface area contributed by atoms with E-state index >= 15 is 0 Å². The van der Waals surface area contributed by atoms with Gasteiger partial charge in [0.05, 0.1) is 25.0 Å². The van der Waals surface area contributed by atoms with Crippen molar-refractivity contribution in [3.05, 3.63) is 24.2 Å². The van der Waals surface area contributed by atoms with Gasteiger partial charge in [-0.2, -0.15) is 0 Å². The molecule has 0 saturated carbocycles. The molecule has 0 amide bonds. The molecule has 1 heterocycles. The van der Waals surface area contributed by atoms with Crippen LogP contribution in [0.4, 0.5) is 0 Å². The van der Waals surface area contributed by atoms with E-state index in [0.717, 1.165) is 5.76 Å². The van der Waals surface area contributed by atoms with Gasteiger partial charge in [-0.1, -0.05) is 0 Å². The molecule has 74 valence electrons. The molecule has 0 aliphatic heterocycles. The van der Waals surface area contributed by atoms with Crippen LogP contribution in [0.25, 0.3) is 0 Å². The van der Waals surface area contributed by atoms with Gasteiger partial charge in [0.2, 0.25) is 0 Å². The van der Waals surface area contributed by atoms with E-state index < -0.39 is 6.10 Å². The Kier molecular flexibility index (Phi) is 3.95. The molecule has 1 aromatic heterocycles. The Morgan fingerprint density at radius 3 is 2.92 bits per heavy atom. The van der Waals surface area contributed by atoms with Gasteiger partial charge in [-0.05, 0) is 19.1 Å². The number of aliphatic hydroxyl groups excluding tert-OH is 2. The minimum atomic E-state index is -0.711. The summed E-state index contributed by atoms with van der Waals surface area (Å²) < 4.78 is 5.15. The molecule has 13 heavy (non-hydrogen) atoms. The average molecular weight is 185 g/mol. The van der Waals surface area contributed by atoms with Crippen molar-refractivity contribution in [3.63, 3.8) is 0 Å². The highest BCUT2D eigenvalue weighted by atomic mass is 16.3. The van der Waals surface area contributed by atoms with Crippen LogP contribution in [0.3, 0.4) is 0 Å². The number of aliphatic hydroxyl groups is 2. The van der Waals surface area contributed by atoms with Crippen LogP contribution in [0.5, 0.6) is 0 Å². The predicted molar refractivity (Wildman–Crippen MR) is 48.2 cm³/mol. The first kappa shape index (κ1) is 10.2. The molecule has 0 bridgehead atoms. The number of hydrogen-bond acceptors (Lipinski definition) is 4. The van der Waals surface area contributed by atoms with Crippen LogP contribution in [0.15, 0.2) is 22.8 Å². The smallest absolute Gasteiger partial charge is 0.120 e. The monoisotopic (exact) mass is 185 g/mol. The van der Waals surface area contributed by atoms with Gasteiger partial charge in [0, 0.05) is 6.54 Å². The summed E-state index contributed by atoms with van der Waals surface area (Å²) in [7, 11) is 0. The topological polar surface area (TPSA) is 65.6 Å². The van der Waals surface area contributed by atoms with E-state index in [0.29, 0.717) is 6.54 Å². The summed E-state index contributed by atoms with van der Waals surface area (Å²) in [6.45, 7) is 2.07. The van der Waals surface area contributed by atoms with Gasteiger partial charge < -0.3 is 19.9 Å². The number of furan rings is 1. The molecule has 0 aromatic carbocycles. The summed E-state index contributed by atoms with van der Waals surface area (Å²) in [4.78, 5) is 0. The van der Waals surface area contributed by atoms with Gasteiger partial charge in [-0.15, -0.1) is 0 Å². The Labute approximate surface area is 77.2 Å². The summed E-state index contributed by atoms with van der Waals surface area (Å²) in [5.41, 5.74) is 0. The summed E-state index contributed by atoms with van der Waals surface area (Å²) in [6, 6.07) is 3.73. The fourth-order valence-corrected chi connectivity index (χ4v) is 1.02. The molecule has 2 atom stereocenters. The fourth-order valence-electron chi connectivity index (χ4n) is 1.02. The Hall–Kier alpha value is -0.840. The second-order valence-electron chi connectivity index (χ2n) is 2.98. The van der Waals surface area contributed by atoms with E-state index in [1.54, 1.807) is 6.26 Å². The Bertz CT molecular complexity index is 223. The maximum absolute atomic E-state index is 9.06. The third kappa shape index (κ3) is 3.18. The third-order valence-electron chi connectivity index (χ3n) is 1.84. The lowest BCUT2D eigenvalue weighted by atomic mass is 10.2. The molecular weight excluding hydrogens is 170 g/mol. The lowest BCUT2D eigenvalue weighted by Crippen LogP contribution is -2.31. The third-order valence-corrected chi connectivity index (χ3v) is 1.84. The van der Waals surface area contributed by atoms with Crippen LogP contribution in [-0.2, 0) is 0 Å². The summed E-state index contributed by atoms with van der Waals surface area (Å²) in [6.07, 6.45) is 0.896. The minimum absolute atomic E-state index is 0.0520.